The quantitative estimate of drug-likeness (QED) is 0.374. The van der Waals surface area contributed by atoms with Crippen LogP contribution in [-0.2, 0) is 0 Å². The summed E-state index contributed by atoms with van der Waals surface area (Å²) >= 11 is 0. The molecule has 0 rings (SSSR count). The fourth-order valence-corrected chi connectivity index (χ4v) is 0. The molecule has 0 bridgehead atoms. The largest absolute Gasteiger partial charge is 0.492 e. The van der Waals surface area contributed by atoms with Gasteiger partial charge in [0.2, 0.25) is 0 Å². The van der Waals surface area contributed by atoms with Gasteiger partial charge in [0.1, 0.15) is 0 Å². The third kappa shape index (κ3) is 4.10. The molecule has 0 unspecified atom stereocenters. The maximum Gasteiger partial charge on any atom is 0.492 e. The molecular formula is C2H8O3Si. The highest BCUT2D eigenvalue weighted by atomic mass is 28.4. The van der Waals surface area contributed by atoms with E-state index in [9.17, 15) is 0 Å². The fraction of sp³-hybridized carbons (Fsp3) is 1.00. The third-order valence-corrected chi connectivity index (χ3v) is 1.42. The normalized spacial score (nSPS) is 12.0. The van der Waals surface area contributed by atoms with Crippen LogP contribution in [0, 0.1) is 0 Å². The van der Waals surface area contributed by atoms with Crippen LogP contribution >= 0.6 is 0 Å². The van der Waals surface area contributed by atoms with E-state index in [0.29, 0.717) is 0 Å². The van der Waals surface area contributed by atoms with Gasteiger partial charge in [-0.3, -0.25) is 0 Å². The van der Waals surface area contributed by atoms with Gasteiger partial charge in [0.05, 0.1) is 0 Å². The van der Waals surface area contributed by atoms with Gasteiger partial charge in [-0.25, -0.2) is 0 Å². The monoisotopic (exact) mass is 108 g/mol. The van der Waals surface area contributed by atoms with Crippen molar-refractivity contribution in [2.75, 3.05) is 0 Å². The Balaban J connectivity index is 3.17. The Bertz CT molecular complexity index is 38.5. The molecule has 4 heteroatoms. The molecule has 0 saturated carbocycles. The third-order valence-electron chi connectivity index (χ3n) is 0.474. The maximum absolute atomic E-state index is 8.08. The summed E-state index contributed by atoms with van der Waals surface area (Å²) < 4.78 is 0. The predicted molar refractivity (Wildman–Crippen MR) is 22.9 cm³/mol. The summed E-state index contributed by atoms with van der Waals surface area (Å²) in [4.78, 5) is 24.2. The SMILES string of the molecule is CC[Si](O)(O)O. The van der Waals surface area contributed by atoms with Gasteiger partial charge in [-0.2, -0.15) is 0 Å². The highest BCUT2D eigenvalue weighted by Gasteiger charge is 2.21. The zero-order chi connectivity index (χ0) is 5.21. The lowest BCUT2D eigenvalue weighted by Crippen LogP contribution is -2.32. The van der Waals surface area contributed by atoms with Crippen molar-refractivity contribution >= 4 is 8.80 Å². The van der Waals surface area contributed by atoms with Crippen LogP contribution in [0.4, 0.5) is 0 Å². The molecule has 0 amide bonds. The Kier molecular flexibility index (Phi) is 1.73. The van der Waals surface area contributed by atoms with Crippen LogP contribution in [0.3, 0.4) is 0 Å². The van der Waals surface area contributed by atoms with Crippen molar-refractivity contribution in [2.45, 2.75) is 13.0 Å². The summed E-state index contributed by atoms with van der Waals surface area (Å²) in [6, 6.07) is 0.0764. The highest BCUT2D eigenvalue weighted by molar-refractivity contribution is 6.55. The van der Waals surface area contributed by atoms with E-state index in [1.54, 1.807) is 0 Å². The lowest BCUT2D eigenvalue weighted by atomic mass is 11.0. The van der Waals surface area contributed by atoms with Gasteiger partial charge in [0, 0.05) is 6.04 Å². The van der Waals surface area contributed by atoms with Gasteiger partial charge in [-0.05, 0) is 0 Å². The smallest absolute Gasteiger partial charge is 0.390 e. The van der Waals surface area contributed by atoms with Crippen molar-refractivity contribution in [3.05, 3.63) is 0 Å². The van der Waals surface area contributed by atoms with E-state index in [0.717, 1.165) is 0 Å². The van der Waals surface area contributed by atoms with Gasteiger partial charge in [-0.15, -0.1) is 0 Å². The number of hydrogen-bond acceptors (Lipinski definition) is 3. The standard InChI is InChI=1S/C2H8O3Si/c1-2-6(3,4)5/h3-5H,2H2,1H3. The average molecular weight is 108 g/mol. The van der Waals surface area contributed by atoms with E-state index in [-0.39, 0.29) is 6.04 Å². The molecular weight excluding hydrogens is 100 g/mol. The molecule has 6 heavy (non-hydrogen) atoms. The van der Waals surface area contributed by atoms with Crippen molar-refractivity contribution in [3.8, 4) is 0 Å². The van der Waals surface area contributed by atoms with E-state index < -0.39 is 8.80 Å². The molecule has 3 nitrogen and oxygen atoms in total. The molecule has 0 aliphatic carbocycles. The zero-order valence-electron chi connectivity index (χ0n) is 3.55. The number of rotatable bonds is 1. The summed E-state index contributed by atoms with van der Waals surface area (Å²) in [5.74, 6) is 0. The molecule has 38 valence electrons. The van der Waals surface area contributed by atoms with E-state index in [1.165, 1.54) is 6.92 Å². The molecule has 0 atom stereocenters. The minimum atomic E-state index is -3.63. The molecule has 0 aliphatic rings. The van der Waals surface area contributed by atoms with Gasteiger partial charge in [-0.1, -0.05) is 6.92 Å². The van der Waals surface area contributed by atoms with Crippen molar-refractivity contribution in [3.63, 3.8) is 0 Å². The zero-order valence-corrected chi connectivity index (χ0v) is 4.55. The van der Waals surface area contributed by atoms with Crippen LogP contribution in [0.25, 0.3) is 0 Å². The second kappa shape index (κ2) is 1.70. The second-order valence-electron chi connectivity index (χ2n) is 1.13. The van der Waals surface area contributed by atoms with Crippen molar-refractivity contribution < 1.29 is 14.4 Å². The molecule has 0 radical (unpaired) electrons. The Morgan fingerprint density at radius 3 is 1.50 bits per heavy atom. The van der Waals surface area contributed by atoms with Crippen LogP contribution in [0.1, 0.15) is 6.92 Å². The lowest BCUT2D eigenvalue weighted by molar-refractivity contribution is 0.230. The predicted octanol–water partition coefficient (Wildman–Crippen LogP) is -1.08. The van der Waals surface area contributed by atoms with E-state index in [4.69, 9.17) is 14.4 Å². The van der Waals surface area contributed by atoms with Crippen molar-refractivity contribution in [1.82, 2.24) is 0 Å². The molecule has 0 saturated heterocycles. The lowest BCUT2D eigenvalue weighted by Gasteiger charge is -2.01. The summed E-state index contributed by atoms with van der Waals surface area (Å²) in [5, 5.41) is 0. The molecule has 0 spiro atoms. The first kappa shape index (κ1) is 6.10. The molecule has 0 aromatic rings. The first-order valence-electron chi connectivity index (χ1n) is 1.73. The topological polar surface area (TPSA) is 60.7 Å². The Labute approximate surface area is 37.2 Å². The minimum Gasteiger partial charge on any atom is -0.390 e. The van der Waals surface area contributed by atoms with Crippen LogP contribution in [-0.4, -0.2) is 23.2 Å². The Morgan fingerprint density at radius 1 is 1.33 bits per heavy atom. The first-order chi connectivity index (χ1) is 2.56. The molecule has 3 N–H and O–H groups in total. The van der Waals surface area contributed by atoms with Gasteiger partial charge < -0.3 is 14.4 Å². The second-order valence-corrected chi connectivity index (χ2v) is 3.38. The fourth-order valence-electron chi connectivity index (χ4n) is 0. The van der Waals surface area contributed by atoms with E-state index >= 15 is 0 Å². The van der Waals surface area contributed by atoms with Crippen LogP contribution < -0.4 is 0 Å². The summed E-state index contributed by atoms with van der Waals surface area (Å²) in [7, 11) is -3.63. The Hall–Kier alpha value is 0.0969. The summed E-state index contributed by atoms with van der Waals surface area (Å²) in [6.07, 6.45) is 0. The molecule has 0 aromatic carbocycles. The van der Waals surface area contributed by atoms with Crippen LogP contribution in [0.15, 0.2) is 0 Å². The molecule has 0 heterocycles. The summed E-state index contributed by atoms with van der Waals surface area (Å²) in [5.41, 5.74) is 0. The van der Waals surface area contributed by atoms with Crippen LogP contribution in [0.2, 0.25) is 6.04 Å². The number of hydrogen-bond donors (Lipinski definition) is 3. The molecule has 0 aromatic heterocycles. The maximum atomic E-state index is 8.08. The van der Waals surface area contributed by atoms with Crippen LogP contribution in [0.5, 0.6) is 0 Å². The average Bonchev–Trinajstić information content (AvgIpc) is 1.35. The van der Waals surface area contributed by atoms with E-state index in [2.05, 4.69) is 0 Å². The van der Waals surface area contributed by atoms with Gasteiger partial charge >= 0.3 is 8.80 Å². The van der Waals surface area contributed by atoms with Gasteiger partial charge in [0.15, 0.2) is 0 Å². The minimum absolute atomic E-state index is 0.0764. The van der Waals surface area contributed by atoms with E-state index in [1.807, 2.05) is 0 Å². The summed E-state index contributed by atoms with van der Waals surface area (Å²) in [6.45, 7) is 1.52. The first-order valence-corrected chi connectivity index (χ1v) is 3.78. The molecule has 0 fully saturated rings. The Morgan fingerprint density at radius 2 is 1.50 bits per heavy atom. The van der Waals surface area contributed by atoms with Crippen molar-refractivity contribution in [1.29, 1.82) is 0 Å². The van der Waals surface area contributed by atoms with Crippen molar-refractivity contribution in [2.24, 2.45) is 0 Å². The van der Waals surface area contributed by atoms with Gasteiger partial charge in [0.25, 0.3) is 0 Å². The highest BCUT2D eigenvalue weighted by Crippen LogP contribution is 1.90. The molecule has 0 aliphatic heterocycles.